The molecule has 1 aliphatic rings. The third-order valence-electron chi connectivity index (χ3n) is 4.26. The molecular formula is C17H26N2O3. The number of benzene rings is 1. The minimum absolute atomic E-state index is 0.0874. The highest BCUT2D eigenvalue weighted by molar-refractivity contribution is 5.78. The van der Waals surface area contributed by atoms with Crippen molar-refractivity contribution in [3.05, 3.63) is 23.8 Å². The summed E-state index contributed by atoms with van der Waals surface area (Å²) in [6.07, 6.45) is 3.24. The molecule has 1 amide bonds. The molecule has 122 valence electrons. The monoisotopic (exact) mass is 306 g/mol. The smallest absolute Gasteiger partial charge is 0.223 e. The number of amides is 1. The van der Waals surface area contributed by atoms with E-state index in [1.54, 1.807) is 14.2 Å². The van der Waals surface area contributed by atoms with E-state index in [0.29, 0.717) is 24.3 Å². The van der Waals surface area contributed by atoms with Crippen molar-refractivity contribution in [3.8, 4) is 11.5 Å². The van der Waals surface area contributed by atoms with Crippen LogP contribution in [0.4, 0.5) is 0 Å². The average molecular weight is 306 g/mol. The standard InChI is InChI=1S/C17H26N2O3/c1-4-5-11-19-15(20)10-9-13(18)16(19)12-7-6-8-14(21-2)17(12)22-3/h6-8,13,16H,4-5,9-11,18H2,1-3H3. The number of carbonyl (C=O) groups excluding carboxylic acids is 1. The highest BCUT2D eigenvalue weighted by Crippen LogP contribution is 2.40. The van der Waals surface area contributed by atoms with Gasteiger partial charge in [-0.05, 0) is 18.9 Å². The van der Waals surface area contributed by atoms with Gasteiger partial charge in [0, 0.05) is 24.6 Å². The zero-order valence-electron chi connectivity index (χ0n) is 13.7. The van der Waals surface area contributed by atoms with Crippen LogP contribution in [0, 0.1) is 0 Å². The molecule has 0 saturated carbocycles. The molecule has 0 radical (unpaired) electrons. The number of rotatable bonds is 6. The van der Waals surface area contributed by atoms with Gasteiger partial charge >= 0.3 is 0 Å². The van der Waals surface area contributed by atoms with Crippen molar-refractivity contribution in [2.75, 3.05) is 20.8 Å². The van der Waals surface area contributed by atoms with Crippen molar-refractivity contribution in [2.45, 2.75) is 44.7 Å². The summed E-state index contributed by atoms with van der Waals surface area (Å²) in [6, 6.07) is 5.51. The van der Waals surface area contributed by atoms with Crippen LogP contribution in [-0.2, 0) is 4.79 Å². The lowest BCUT2D eigenvalue weighted by molar-refractivity contribution is -0.137. The summed E-state index contributed by atoms with van der Waals surface area (Å²) in [5, 5.41) is 0. The number of para-hydroxylation sites is 1. The van der Waals surface area contributed by atoms with Gasteiger partial charge in [0.05, 0.1) is 20.3 Å². The van der Waals surface area contributed by atoms with E-state index in [1.807, 2.05) is 23.1 Å². The topological polar surface area (TPSA) is 64.8 Å². The van der Waals surface area contributed by atoms with Gasteiger partial charge in [-0.15, -0.1) is 0 Å². The van der Waals surface area contributed by atoms with Crippen molar-refractivity contribution in [1.29, 1.82) is 0 Å². The van der Waals surface area contributed by atoms with Gasteiger partial charge in [-0.25, -0.2) is 0 Å². The number of piperidine rings is 1. The van der Waals surface area contributed by atoms with Crippen LogP contribution < -0.4 is 15.2 Å². The molecular weight excluding hydrogens is 280 g/mol. The summed E-state index contributed by atoms with van der Waals surface area (Å²) in [4.78, 5) is 14.3. The number of unbranched alkanes of at least 4 members (excludes halogenated alkanes) is 1. The molecule has 0 spiro atoms. The summed E-state index contributed by atoms with van der Waals surface area (Å²) in [7, 11) is 3.23. The number of nitrogens with zero attached hydrogens (tertiary/aromatic N) is 1. The molecule has 0 bridgehead atoms. The van der Waals surface area contributed by atoms with E-state index in [4.69, 9.17) is 15.2 Å². The Hall–Kier alpha value is -1.75. The van der Waals surface area contributed by atoms with Crippen LogP contribution in [0.15, 0.2) is 18.2 Å². The zero-order chi connectivity index (χ0) is 16.1. The van der Waals surface area contributed by atoms with Gasteiger partial charge in [0.15, 0.2) is 11.5 Å². The van der Waals surface area contributed by atoms with Gasteiger partial charge in [0.2, 0.25) is 5.91 Å². The van der Waals surface area contributed by atoms with Crippen LogP contribution in [-0.4, -0.2) is 37.6 Å². The Bertz CT molecular complexity index is 519. The molecule has 1 aromatic rings. The lowest BCUT2D eigenvalue weighted by atomic mass is 9.89. The highest BCUT2D eigenvalue weighted by Gasteiger charge is 2.36. The quantitative estimate of drug-likeness (QED) is 0.877. The third kappa shape index (κ3) is 3.19. The minimum Gasteiger partial charge on any atom is -0.493 e. The predicted octanol–water partition coefficient (Wildman–Crippen LogP) is 2.49. The SMILES string of the molecule is CCCCN1C(=O)CCC(N)C1c1cccc(OC)c1OC. The molecule has 2 rings (SSSR count). The molecule has 0 aromatic heterocycles. The molecule has 1 aliphatic heterocycles. The molecule has 0 aliphatic carbocycles. The van der Waals surface area contributed by atoms with Gasteiger partial charge < -0.3 is 20.1 Å². The van der Waals surface area contributed by atoms with E-state index in [1.165, 1.54) is 0 Å². The van der Waals surface area contributed by atoms with Crippen molar-refractivity contribution in [1.82, 2.24) is 4.90 Å². The first kappa shape index (κ1) is 16.6. The second-order valence-corrected chi connectivity index (χ2v) is 5.67. The van der Waals surface area contributed by atoms with E-state index < -0.39 is 0 Å². The maximum Gasteiger partial charge on any atom is 0.223 e. The van der Waals surface area contributed by atoms with Crippen LogP contribution in [0.2, 0.25) is 0 Å². The summed E-state index contributed by atoms with van der Waals surface area (Å²) in [5.41, 5.74) is 7.29. The van der Waals surface area contributed by atoms with Crippen LogP contribution in [0.25, 0.3) is 0 Å². The van der Waals surface area contributed by atoms with Crippen molar-refractivity contribution >= 4 is 5.91 Å². The normalized spacial score (nSPS) is 21.8. The Morgan fingerprint density at radius 1 is 1.32 bits per heavy atom. The Labute approximate surface area is 132 Å². The van der Waals surface area contributed by atoms with Gasteiger partial charge in [0.25, 0.3) is 0 Å². The molecule has 1 heterocycles. The summed E-state index contributed by atoms with van der Waals surface area (Å²) in [6.45, 7) is 2.85. The number of hydrogen-bond donors (Lipinski definition) is 1. The predicted molar refractivity (Wildman–Crippen MR) is 86.1 cm³/mol. The second-order valence-electron chi connectivity index (χ2n) is 5.67. The average Bonchev–Trinajstić information content (AvgIpc) is 2.54. The van der Waals surface area contributed by atoms with Crippen molar-refractivity contribution in [3.63, 3.8) is 0 Å². The molecule has 1 fully saturated rings. The number of likely N-dealkylation sites (tertiary alicyclic amines) is 1. The van der Waals surface area contributed by atoms with Crippen molar-refractivity contribution in [2.24, 2.45) is 5.73 Å². The fourth-order valence-corrected chi connectivity index (χ4v) is 3.11. The molecule has 1 aromatic carbocycles. The minimum atomic E-state index is -0.155. The highest BCUT2D eigenvalue weighted by atomic mass is 16.5. The Kier molecular flexibility index (Phi) is 5.66. The van der Waals surface area contributed by atoms with E-state index in [-0.39, 0.29) is 18.0 Å². The maximum absolute atomic E-state index is 12.4. The summed E-state index contributed by atoms with van der Waals surface area (Å²) < 4.78 is 10.9. The van der Waals surface area contributed by atoms with Crippen molar-refractivity contribution < 1.29 is 14.3 Å². The number of methoxy groups -OCH3 is 2. The van der Waals surface area contributed by atoms with Gasteiger partial charge in [-0.1, -0.05) is 25.5 Å². The lowest BCUT2D eigenvalue weighted by Crippen LogP contribution is -2.49. The van der Waals surface area contributed by atoms with Crippen LogP contribution >= 0.6 is 0 Å². The molecule has 1 saturated heterocycles. The van der Waals surface area contributed by atoms with Gasteiger partial charge in [-0.3, -0.25) is 4.79 Å². The van der Waals surface area contributed by atoms with Crippen LogP contribution in [0.3, 0.4) is 0 Å². The van der Waals surface area contributed by atoms with Crippen LogP contribution in [0.5, 0.6) is 11.5 Å². The van der Waals surface area contributed by atoms with Gasteiger partial charge in [0.1, 0.15) is 0 Å². The Morgan fingerprint density at radius 2 is 2.09 bits per heavy atom. The molecule has 22 heavy (non-hydrogen) atoms. The van der Waals surface area contributed by atoms with E-state index in [2.05, 4.69) is 6.92 Å². The molecule has 5 heteroatoms. The third-order valence-corrected chi connectivity index (χ3v) is 4.26. The maximum atomic E-state index is 12.4. The number of ether oxygens (including phenoxy) is 2. The Balaban J connectivity index is 2.43. The Morgan fingerprint density at radius 3 is 2.73 bits per heavy atom. The van der Waals surface area contributed by atoms with Crippen LogP contribution in [0.1, 0.15) is 44.2 Å². The molecule has 2 N–H and O–H groups in total. The fraction of sp³-hybridized carbons (Fsp3) is 0.588. The first-order valence-electron chi connectivity index (χ1n) is 7.90. The number of hydrogen-bond acceptors (Lipinski definition) is 4. The first-order chi connectivity index (χ1) is 10.6. The van der Waals surface area contributed by atoms with E-state index >= 15 is 0 Å². The second kappa shape index (κ2) is 7.49. The number of nitrogens with two attached hydrogens (primary N) is 1. The molecule has 2 unspecified atom stereocenters. The zero-order valence-corrected chi connectivity index (χ0v) is 13.7. The molecule has 2 atom stereocenters. The number of carbonyl (C=O) groups is 1. The van der Waals surface area contributed by atoms with E-state index in [9.17, 15) is 4.79 Å². The fourth-order valence-electron chi connectivity index (χ4n) is 3.11. The molecule has 5 nitrogen and oxygen atoms in total. The first-order valence-corrected chi connectivity index (χ1v) is 7.90. The summed E-state index contributed by atoms with van der Waals surface area (Å²) >= 11 is 0. The lowest BCUT2D eigenvalue weighted by Gasteiger charge is -2.40. The largest absolute Gasteiger partial charge is 0.493 e. The van der Waals surface area contributed by atoms with Gasteiger partial charge in [-0.2, -0.15) is 0 Å². The van der Waals surface area contributed by atoms with E-state index in [0.717, 1.165) is 24.9 Å². The summed E-state index contributed by atoms with van der Waals surface area (Å²) in [5.74, 6) is 1.51.